The molecule has 17 heavy (non-hydrogen) atoms. The highest BCUT2D eigenvalue weighted by atomic mass is 35.5. The van der Waals surface area contributed by atoms with Crippen LogP contribution >= 0.6 is 11.6 Å². The lowest BCUT2D eigenvalue weighted by atomic mass is 10.1. The molecule has 0 aliphatic rings. The molecule has 1 aromatic carbocycles. The van der Waals surface area contributed by atoms with Crippen LogP contribution < -0.4 is 15.4 Å². The molecule has 0 atom stereocenters. The molecule has 4 nitrogen and oxygen atoms in total. The van der Waals surface area contributed by atoms with Crippen LogP contribution in [0.1, 0.15) is 11.1 Å². The van der Waals surface area contributed by atoms with Crippen molar-refractivity contribution in [3.8, 4) is 5.75 Å². The van der Waals surface area contributed by atoms with E-state index in [1.165, 1.54) is 0 Å². The van der Waals surface area contributed by atoms with Gasteiger partial charge in [-0.2, -0.15) is 0 Å². The van der Waals surface area contributed by atoms with Crippen molar-refractivity contribution >= 4 is 17.6 Å². The Balaban J connectivity index is 2.36. The number of ether oxygens (including phenoxy) is 1. The molecule has 94 valence electrons. The highest BCUT2D eigenvalue weighted by Crippen LogP contribution is 2.19. The van der Waals surface area contributed by atoms with Crippen molar-refractivity contribution in [3.63, 3.8) is 0 Å². The fourth-order valence-electron chi connectivity index (χ4n) is 1.28. The van der Waals surface area contributed by atoms with Crippen molar-refractivity contribution in [2.45, 2.75) is 13.8 Å². The maximum atomic E-state index is 11.2. The summed E-state index contributed by atoms with van der Waals surface area (Å²) in [6, 6.07) is 5.53. The Hall–Kier alpha value is -1.42. The standard InChI is InChI=1S/C12H17ClN2O2/c1-9-4-3-5-11(10(9)2)17-8-15-12(16)14-7-6-13/h3-5H,6-8H2,1-2H3,(H2,14,15,16). The molecule has 0 saturated heterocycles. The smallest absolute Gasteiger partial charge is 0.317 e. The van der Waals surface area contributed by atoms with Gasteiger partial charge < -0.3 is 15.4 Å². The van der Waals surface area contributed by atoms with Gasteiger partial charge in [0.15, 0.2) is 6.73 Å². The van der Waals surface area contributed by atoms with Gasteiger partial charge >= 0.3 is 6.03 Å². The first-order valence-corrected chi connectivity index (χ1v) is 5.95. The average Bonchev–Trinajstić information content (AvgIpc) is 2.32. The third-order valence-electron chi connectivity index (χ3n) is 2.40. The van der Waals surface area contributed by atoms with Gasteiger partial charge in [0.2, 0.25) is 0 Å². The van der Waals surface area contributed by atoms with Gasteiger partial charge in [-0.25, -0.2) is 4.79 Å². The SMILES string of the molecule is Cc1cccc(OCNC(=O)NCCCl)c1C. The van der Waals surface area contributed by atoms with Gasteiger partial charge in [0.25, 0.3) is 0 Å². The third-order valence-corrected chi connectivity index (χ3v) is 2.58. The molecule has 2 amide bonds. The normalized spacial score (nSPS) is 9.82. The zero-order valence-electron chi connectivity index (χ0n) is 10.0. The lowest BCUT2D eigenvalue weighted by Gasteiger charge is -2.11. The van der Waals surface area contributed by atoms with E-state index in [1.54, 1.807) is 0 Å². The zero-order valence-corrected chi connectivity index (χ0v) is 10.8. The lowest BCUT2D eigenvalue weighted by molar-refractivity contribution is 0.224. The topological polar surface area (TPSA) is 50.4 Å². The molecule has 1 rings (SSSR count). The lowest BCUT2D eigenvalue weighted by Crippen LogP contribution is -2.38. The van der Waals surface area contributed by atoms with E-state index in [9.17, 15) is 4.79 Å². The fraction of sp³-hybridized carbons (Fsp3) is 0.417. The fourth-order valence-corrected chi connectivity index (χ4v) is 1.38. The molecule has 5 heteroatoms. The molecule has 0 fully saturated rings. The first-order chi connectivity index (χ1) is 8.15. The summed E-state index contributed by atoms with van der Waals surface area (Å²) in [4.78, 5) is 11.2. The monoisotopic (exact) mass is 256 g/mol. The number of aryl methyl sites for hydroxylation is 1. The van der Waals surface area contributed by atoms with Crippen molar-refractivity contribution in [2.75, 3.05) is 19.2 Å². The van der Waals surface area contributed by atoms with Gasteiger partial charge in [-0.15, -0.1) is 11.6 Å². The molecule has 0 aromatic heterocycles. The van der Waals surface area contributed by atoms with Crippen LogP contribution in [-0.4, -0.2) is 25.2 Å². The second-order valence-corrected chi connectivity index (χ2v) is 3.99. The molecule has 0 aliphatic carbocycles. The van der Waals surface area contributed by atoms with E-state index in [2.05, 4.69) is 10.6 Å². The summed E-state index contributed by atoms with van der Waals surface area (Å²) in [6.07, 6.45) is 0. The van der Waals surface area contributed by atoms with Gasteiger partial charge in [0.05, 0.1) is 0 Å². The Labute approximate surface area is 106 Å². The first-order valence-electron chi connectivity index (χ1n) is 5.42. The number of hydrogen-bond acceptors (Lipinski definition) is 2. The van der Waals surface area contributed by atoms with E-state index in [4.69, 9.17) is 16.3 Å². The summed E-state index contributed by atoms with van der Waals surface area (Å²) < 4.78 is 5.46. The number of nitrogens with one attached hydrogen (secondary N) is 2. The van der Waals surface area contributed by atoms with E-state index in [0.29, 0.717) is 12.4 Å². The summed E-state index contributed by atoms with van der Waals surface area (Å²) in [7, 11) is 0. The molecule has 0 radical (unpaired) electrons. The maximum absolute atomic E-state index is 11.2. The van der Waals surface area contributed by atoms with Gasteiger partial charge in [0.1, 0.15) is 5.75 Å². The number of urea groups is 1. The average molecular weight is 257 g/mol. The van der Waals surface area contributed by atoms with Gasteiger partial charge in [0, 0.05) is 12.4 Å². The van der Waals surface area contributed by atoms with Crippen LogP contribution in [-0.2, 0) is 0 Å². The third kappa shape index (κ3) is 4.53. The number of carbonyl (C=O) groups is 1. The van der Waals surface area contributed by atoms with E-state index >= 15 is 0 Å². The highest BCUT2D eigenvalue weighted by molar-refractivity contribution is 6.18. The van der Waals surface area contributed by atoms with Gasteiger partial charge in [-0.3, -0.25) is 0 Å². The van der Waals surface area contributed by atoms with Crippen LogP contribution in [0.4, 0.5) is 4.79 Å². The number of amides is 2. The predicted octanol–water partition coefficient (Wildman–Crippen LogP) is 2.18. The number of rotatable bonds is 5. The number of hydrogen-bond donors (Lipinski definition) is 2. The summed E-state index contributed by atoms with van der Waals surface area (Å²) in [5, 5.41) is 5.16. The van der Waals surface area contributed by atoms with E-state index in [1.807, 2.05) is 32.0 Å². The van der Waals surface area contributed by atoms with Gasteiger partial charge in [-0.05, 0) is 31.0 Å². The minimum Gasteiger partial charge on any atom is -0.473 e. The Morgan fingerprint density at radius 1 is 1.35 bits per heavy atom. The molecule has 1 aromatic rings. The minimum absolute atomic E-state index is 0.137. The molecular weight excluding hydrogens is 240 g/mol. The van der Waals surface area contributed by atoms with Crippen molar-refractivity contribution in [3.05, 3.63) is 29.3 Å². The van der Waals surface area contributed by atoms with Crippen molar-refractivity contribution in [2.24, 2.45) is 0 Å². The van der Waals surface area contributed by atoms with Crippen LogP contribution in [0.5, 0.6) is 5.75 Å². The number of carbonyl (C=O) groups excluding carboxylic acids is 1. The van der Waals surface area contributed by atoms with Crippen molar-refractivity contribution in [1.29, 1.82) is 0 Å². The Morgan fingerprint density at radius 3 is 2.82 bits per heavy atom. The van der Waals surface area contributed by atoms with Gasteiger partial charge in [-0.1, -0.05) is 12.1 Å². The second-order valence-electron chi connectivity index (χ2n) is 3.61. The molecule has 0 aliphatic heterocycles. The van der Waals surface area contributed by atoms with E-state index < -0.39 is 0 Å². The van der Waals surface area contributed by atoms with Crippen LogP contribution in [0.2, 0.25) is 0 Å². The van der Waals surface area contributed by atoms with Crippen LogP contribution in [0.25, 0.3) is 0 Å². The Bertz CT molecular complexity index is 383. The summed E-state index contributed by atoms with van der Waals surface area (Å²) >= 11 is 5.44. The van der Waals surface area contributed by atoms with Crippen molar-refractivity contribution in [1.82, 2.24) is 10.6 Å². The van der Waals surface area contributed by atoms with Crippen LogP contribution in [0.15, 0.2) is 18.2 Å². The Kier molecular flexibility index (Phi) is 5.63. The molecular formula is C12H17ClN2O2. The molecule has 2 N–H and O–H groups in total. The second kappa shape index (κ2) is 7.01. The quantitative estimate of drug-likeness (QED) is 0.627. The molecule has 0 heterocycles. The van der Waals surface area contributed by atoms with E-state index in [0.717, 1.165) is 16.9 Å². The number of benzene rings is 1. The predicted molar refractivity (Wildman–Crippen MR) is 68.7 cm³/mol. The zero-order chi connectivity index (χ0) is 12.7. The maximum Gasteiger partial charge on any atom is 0.317 e. The highest BCUT2D eigenvalue weighted by Gasteiger charge is 2.02. The van der Waals surface area contributed by atoms with Crippen molar-refractivity contribution < 1.29 is 9.53 Å². The largest absolute Gasteiger partial charge is 0.473 e. The van der Waals surface area contributed by atoms with Crippen LogP contribution in [0, 0.1) is 13.8 Å². The van der Waals surface area contributed by atoms with E-state index in [-0.39, 0.29) is 12.8 Å². The number of halogens is 1. The molecule has 0 spiro atoms. The number of alkyl halides is 1. The Morgan fingerprint density at radius 2 is 2.12 bits per heavy atom. The minimum atomic E-state index is -0.282. The first kappa shape index (κ1) is 13.6. The molecule has 0 saturated carbocycles. The summed E-state index contributed by atoms with van der Waals surface area (Å²) in [5.74, 6) is 1.17. The molecule has 0 bridgehead atoms. The summed E-state index contributed by atoms with van der Waals surface area (Å²) in [6.45, 7) is 4.58. The van der Waals surface area contributed by atoms with Crippen LogP contribution in [0.3, 0.4) is 0 Å². The summed E-state index contributed by atoms with van der Waals surface area (Å²) in [5.41, 5.74) is 2.24. The molecule has 0 unspecified atom stereocenters.